The van der Waals surface area contributed by atoms with Crippen molar-refractivity contribution in [3.63, 3.8) is 0 Å². The molecule has 0 spiro atoms. The molecule has 2 rings (SSSR count). The Morgan fingerprint density at radius 2 is 2.29 bits per heavy atom. The zero-order chi connectivity index (χ0) is 15.2. The molecule has 1 aromatic rings. The lowest BCUT2D eigenvalue weighted by Gasteiger charge is -2.25. The number of aliphatic hydroxyl groups excluding tert-OH is 1. The predicted molar refractivity (Wildman–Crippen MR) is 76.3 cm³/mol. The lowest BCUT2D eigenvalue weighted by Crippen LogP contribution is -2.39. The number of nitrogens with zero attached hydrogens (tertiary/aromatic N) is 2. The van der Waals surface area contributed by atoms with Crippen molar-refractivity contribution >= 4 is 17.7 Å². The van der Waals surface area contributed by atoms with Crippen LogP contribution in [-0.2, 0) is 0 Å². The summed E-state index contributed by atoms with van der Waals surface area (Å²) >= 11 is 0. The first-order valence-electron chi connectivity index (χ1n) is 7.00. The van der Waals surface area contributed by atoms with Crippen molar-refractivity contribution < 1.29 is 19.8 Å². The van der Waals surface area contributed by atoms with Crippen LogP contribution in [0.15, 0.2) is 18.3 Å². The Kier molecular flexibility index (Phi) is 5.10. The zero-order valence-electron chi connectivity index (χ0n) is 11.7. The third-order valence-electron chi connectivity index (χ3n) is 3.59. The molecule has 0 saturated carbocycles. The molecule has 1 atom stereocenters. The summed E-state index contributed by atoms with van der Waals surface area (Å²) in [6.07, 6.45) is 4.61. The normalized spacial score (nSPS) is 17.8. The van der Waals surface area contributed by atoms with Gasteiger partial charge in [-0.2, -0.15) is 0 Å². The van der Waals surface area contributed by atoms with Crippen molar-refractivity contribution in [1.29, 1.82) is 0 Å². The van der Waals surface area contributed by atoms with E-state index in [0.29, 0.717) is 13.0 Å². The average Bonchev–Trinajstić information content (AvgIpc) is 2.94. The topological polar surface area (TPSA) is 103 Å². The van der Waals surface area contributed by atoms with Gasteiger partial charge in [0.15, 0.2) is 5.69 Å². The minimum atomic E-state index is -1.18. The van der Waals surface area contributed by atoms with E-state index in [9.17, 15) is 9.59 Å². The Hall–Kier alpha value is -2.15. The van der Waals surface area contributed by atoms with Crippen LogP contribution in [0.1, 0.15) is 36.2 Å². The molecule has 0 radical (unpaired) electrons. The number of carbonyl (C=O) groups is 2. The fourth-order valence-corrected chi connectivity index (χ4v) is 2.59. The molecule has 114 valence electrons. The third-order valence-corrected chi connectivity index (χ3v) is 3.59. The number of aromatic nitrogens is 1. The molecule has 0 bridgehead atoms. The number of likely N-dealkylation sites (tertiary alicyclic amines) is 1. The Bertz CT molecular complexity index is 521. The summed E-state index contributed by atoms with van der Waals surface area (Å²) in [6, 6.07) is 2.88. The average molecular weight is 293 g/mol. The van der Waals surface area contributed by atoms with Gasteiger partial charge in [-0.25, -0.2) is 14.6 Å². The number of nitrogens with one attached hydrogen (secondary N) is 1. The Balaban J connectivity index is 2.06. The van der Waals surface area contributed by atoms with Gasteiger partial charge in [-0.3, -0.25) is 0 Å². The van der Waals surface area contributed by atoms with E-state index in [4.69, 9.17) is 10.2 Å². The summed E-state index contributed by atoms with van der Waals surface area (Å²) in [7, 11) is 0. The summed E-state index contributed by atoms with van der Waals surface area (Å²) < 4.78 is 0. The number of hydrogen-bond donors (Lipinski definition) is 3. The maximum Gasteiger partial charge on any atom is 0.356 e. The number of carboxylic acids is 1. The summed E-state index contributed by atoms with van der Waals surface area (Å²) in [4.78, 5) is 28.8. The monoisotopic (exact) mass is 293 g/mol. The molecular weight excluding hydrogens is 274 g/mol. The Labute approximate surface area is 122 Å². The van der Waals surface area contributed by atoms with E-state index >= 15 is 0 Å². The standard InChI is InChI=1S/C14H19N3O4/c18-9-3-5-10-4-2-8-17(10)14(21)16-11-6-1-7-15-12(11)13(19)20/h1,6-7,10,18H,2-5,8-9H2,(H,16,21)(H,19,20). The highest BCUT2D eigenvalue weighted by Crippen LogP contribution is 2.23. The van der Waals surface area contributed by atoms with Gasteiger partial charge in [0.1, 0.15) is 0 Å². The molecule has 1 aliphatic rings. The van der Waals surface area contributed by atoms with Crippen molar-refractivity contribution in [2.75, 3.05) is 18.5 Å². The second kappa shape index (κ2) is 7.03. The number of carboxylic acid groups (broad SMARTS) is 1. The minimum absolute atomic E-state index is 0.0992. The van der Waals surface area contributed by atoms with Crippen LogP contribution in [-0.4, -0.2) is 51.3 Å². The van der Waals surface area contributed by atoms with E-state index in [2.05, 4.69) is 10.3 Å². The smallest absolute Gasteiger partial charge is 0.356 e. The van der Waals surface area contributed by atoms with Gasteiger partial charge in [0.2, 0.25) is 0 Å². The van der Waals surface area contributed by atoms with Gasteiger partial charge in [0.25, 0.3) is 0 Å². The van der Waals surface area contributed by atoms with Gasteiger partial charge in [0.05, 0.1) is 5.69 Å². The first kappa shape index (κ1) is 15.2. The highest BCUT2D eigenvalue weighted by Gasteiger charge is 2.28. The van der Waals surface area contributed by atoms with Crippen molar-refractivity contribution in [2.24, 2.45) is 0 Å². The highest BCUT2D eigenvalue weighted by molar-refractivity contribution is 5.98. The molecule has 1 saturated heterocycles. The van der Waals surface area contributed by atoms with E-state index in [1.807, 2.05) is 0 Å². The first-order chi connectivity index (χ1) is 10.1. The molecule has 1 aromatic heterocycles. The van der Waals surface area contributed by atoms with Crippen molar-refractivity contribution in [1.82, 2.24) is 9.88 Å². The van der Waals surface area contributed by atoms with Crippen molar-refractivity contribution in [3.05, 3.63) is 24.0 Å². The fraction of sp³-hybridized carbons (Fsp3) is 0.500. The SMILES string of the molecule is O=C(O)c1ncccc1NC(=O)N1CCCC1CCCO. The number of pyridine rings is 1. The summed E-state index contributed by atoms with van der Waals surface area (Å²) in [5.41, 5.74) is 0.0276. The molecule has 1 unspecified atom stereocenters. The van der Waals surface area contributed by atoms with Gasteiger partial charge in [-0.15, -0.1) is 0 Å². The highest BCUT2D eigenvalue weighted by atomic mass is 16.4. The van der Waals surface area contributed by atoms with Crippen LogP contribution in [0.4, 0.5) is 10.5 Å². The van der Waals surface area contributed by atoms with Gasteiger partial charge in [0, 0.05) is 25.4 Å². The van der Waals surface area contributed by atoms with E-state index in [1.165, 1.54) is 12.3 Å². The zero-order valence-corrected chi connectivity index (χ0v) is 11.7. The minimum Gasteiger partial charge on any atom is -0.476 e. The lowest BCUT2D eigenvalue weighted by atomic mass is 10.1. The second-order valence-electron chi connectivity index (χ2n) is 4.99. The quantitative estimate of drug-likeness (QED) is 0.764. The predicted octanol–water partition coefficient (Wildman–Crippen LogP) is 1.55. The summed E-state index contributed by atoms with van der Waals surface area (Å²) in [6.45, 7) is 0.752. The number of urea groups is 1. The number of hydrogen-bond acceptors (Lipinski definition) is 4. The number of aliphatic hydroxyl groups is 1. The van der Waals surface area contributed by atoms with E-state index < -0.39 is 5.97 Å². The van der Waals surface area contributed by atoms with Gasteiger partial charge >= 0.3 is 12.0 Å². The molecule has 7 heteroatoms. The molecular formula is C14H19N3O4. The Morgan fingerprint density at radius 1 is 1.48 bits per heavy atom. The molecule has 2 heterocycles. The molecule has 7 nitrogen and oxygen atoms in total. The number of rotatable bonds is 5. The number of anilines is 1. The van der Waals surface area contributed by atoms with E-state index in [0.717, 1.165) is 19.3 Å². The molecule has 1 aliphatic heterocycles. The van der Waals surface area contributed by atoms with Crippen LogP contribution < -0.4 is 5.32 Å². The number of amides is 2. The van der Waals surface area contributed by atoms with E-state index in [-0.39, 0.29) is 30.1 Å². The van der Waals surface area contributed by atoms with Gasteiger partial charge < -0.3 is 20.4 Å². The Morgan fingerprint density at radius 3 is 3.00 bits per heavy atom. The van der Waals surface area contributed by atoms with Crippen molar-refractivity contribution in [2.45, 2.75) is 31.7 Å². The molecule has 0 aliphatic carbocycles. The van der Waals surface area contributed by atoms with Gasteiger partial charge in [-0.1, -0.05) is 0 Å². The summed E-state index contributed by atoms with van der Waals surface area (Å²) in [5.74, 6) is -1.18. The van der Waals surface area contributed by atoms with Crippen LogP contribution >= 0.6 is 0 Å². The van der Waals surface area contributed by atoms with Crippen LogP contribution in [0, 0.1) is 0 Å². The maximum atomic E-state index is 12.3. The molecule has 1 fully saturated rings. The van der Waals surface area contributed by atoms with Gasteiger partial charge in [-0.05, 0) is 37.8 Å². The molecule has 3 N–H and O–H groups in total. The van der Waals surface area contributed by atoms with Crippen LogP contribution in [0.25, 0.3) is 0 Å². The van der Waals surface area contributed by atoms with Crippen LogP contribution in [0.5, 0.6) is 0 Å². The van der Waals surface area contributed by atoms with Crippen LogP contribution in [0.2, 0.25) is 0 Å². The maximum absolute atomic E-state index is 12.3. The van der Waals surface area contributed by atoms with Crippen LogP contribution in [0.3, 0.4) is 0 Å². The largest absolute Gasteiger partial charge is 0.476 e. The van der Waals surface area contributed by atoms with E-state index in [1.54, 1.807) is 11.0 Å². The first-order valence-corrected chi connectivity index (χ1v) is 7.00. The molecule has 21 heavy (non-hydrogen) atoms. The second-order valence-corrected chi connectivity index (χ2v) is 4.99. The summed E-state index contributed by atoms with van der Waals surface area (Å²) in [5, 5.41) is 20.6. The number of aromatic carboxylic acids is 1. The lowest BCUT2D eigenvalue weighted by molar-refractivity contribution is 0.0691. The van der Waals surface area contributed by atoms with Crippen molar-refractivity contribution in [3.8, 4) is 0 Å². The molecule has 2 amide bonds. The third kappa shape index (κ3) is 3.69. The molecule has 0 aromatic carbocycles. The fourth-order valence-electron chi connectivity index (χ4n) is 2.59. The number of carbonyl (C=O) groups excluding carboxylic acids is 1.